The molecule has 0 amide bonds. The fourth-order valence-corrected chi connectivity index (χ4v) is 6.22. The maximum atomic E-state index is 12.2. The minimum atomic E-state index is -0.565. The highest BCUT2D eigenvalue weighted by Gasteiger charge is 2.55. The molecule has 2 rings (SSSR count). The lowest BCUT2D eigenvalue weighted by molar-refractivity contribution is -0.244. The average molecular weight is 510 g/mol. The third kappa shape index (κ3) is 11.0. The van der Waals surface area contributed by atoms with Gasteiger partial charge in [0, 0.05) is 30.3 Å². The Morgan fingerprint density at radius 1 is 0.778 bits per heavy atom. The molecule has 0 radical (unpaired) electrons. The van der Waals surface area contributed by atoms with Crippen molar-refractivity contribution < 1.29 is 19.0 Å². The van der Waals surface area contributed by atoms with E-state index in [4.69, 9.17) is 14.2 Å². The van der Waals surface area contributed by atoms with E-state index in [0.29, 0.717) is 19.6 Å². The summed E-state index contributed by atoms with van der Waals surface area (Å²) in [6.07, 6.45) is 21.9. The Morgan fingerprint density at radius 2 is 1.22 bits per heavy atom. The van der Waals surface area contributed by atoms with Crippen LogP contribution in [-0.2, 0) is 19.0 Å². The predicted molar refractivity (Wildman–Crippen MR) is 149 cm³/mol. The first-order valence-corrected chi connectivity index (χ1v) is 15.3. The number of esters is 1. The molecule has 0 bridgehead atoms. The first-order valence-electron chi connectivity index (χ1n) is 15.3. The Kier molecular flexibility index (Phi) is 13.8. The molecular formula is C31H59NO4. The lowest BCUT2D eigenvalue weighted by Crippen LogP contribution is -2.64. The zero-order chi connectivity index (χ0) is 26.5. The van der Waals surface area contributed by atoms with Gasteiger partial charge in [-0.2, -0.15) is 0 Å². The van der Waals surface area contributed by atoms with Crippen LogP contribution in [0.5, 0.6) is 0 Å². The Labute approximate surface area is 223 Å². The lowest BCUT2D eigenvalue weighted by atomic mass is 9.76. The van der Waals surface area contributed by atoms with Crippen molar-refractivity contribution in [3.8, 4) is 0 Å². The van der Waals surface area contributed by atoms with Crippen molar-refractivity contribution in [2.75, 3.05) is 20.3 Å². The third-order valence-corrected chi connectivity index (χ3v) is 8.55. The molecule has 0 saturated carbocycles. The number of carbonyl (C=O) groups excluding carboxylic acids is 1. The fourth-order valence-electron chi connectivity index (χ4n) is 6.22. The number of rotatable bonds is 18. The van der Waals surface area contributed by atoms with Crippen LogP contribution in [-0.4, -0.2) is 54.1 Å². The number of unbranched alkanes of at least 4 members (excludes halogenated alkanes) is 14. The second kappa shape index (κ2) is 15.7. The SMILES string of the molecule is CCCCCCCCCCCCCCCCCC(=O)OCC1COC2(CC(C)(C)N(C)C(C)(C)C2)O1. The van der Waals surface area contributed by atoms with E-state index < -0.39 is 5.79 Å². The first-order chi connectivity index (χ1) is 17.1. The summed E-state index contributed by atoms with van der Waals surface area (Å²) < 4.78 is 18.1. The van der Waals surface area contributed by atoms with Crippen LogP contribution < -0.4 is 0 Å². The summed E-state index contributed by atoms with van der Waals surface area (Å²) in [6, 6.07) is 0. The van der Waals surface area contributed by atoms with E-state index in [0.717, 1.165) is 25.7 Å². The smallest absolute Gasteiger partial charge is 0.305 e. The molecule has 0 aromatic heterocycles. The van der Waals surface area contributed by atoms with Crippen LogP contribution in [0.4, 0.5) is 0 Å². The quantitative estimate of drug-likeness (QED) is 0.138. The van der Waals surface area contributed by atoms with Gasteiger partial charge < -0.3 is 14.2 Å². The molecule has 2 fully saturated rings. The highest BCUT2D eigenvalue weighted by Crippen LogP contribution is 2.47. The molecule has 0 aromatic rings. The van der Waals surface area contributed by atoms with E-state index in [1.807, 2.05) is 0 Å². The maximum Gasteiger partial charge on any atom is 0.305 e. The molecule has 0 aromatic carbocycles. The normalized spacial score (nSPS) is 22.8. The van der Waals surface area contributed by atoms with Crippen molar-refractivity contribution in [3.05, 3.63) is 0 Å². The molecule has 1 spiro atoms. The molecule has 36 heavy (non-hydrogen) atoms. The molecule has 0 aliphatic carbocycles. The van der Waals surface area contributed by atoms with Gasteiger partial charge in [-0.25, -0.2) is 0 Å². The molecule has 1 atom stereocenters. The van der Waals surface area contributed by atoms with Crippen LogP contribution in [0, 0.1) is 0 Å². The fraction of sp³-hybridized carbons (Fsp3) is 0.968. The number of hydrogen-bond donors (Lipinski definition) is 0. The van der Waals surface area contributed by atoms with Crippen LogP contribution in [0.2, 0.25) is 0 Å². The molecular weight excluding hydrogens is 450 g/mol. The van der Waals surface area contributed by atoms with Gasteiger partial charge in [0.05, 0.1) is 6.61 Å². The Morgan fingerprint density at radius 3 is 1.69 bits per heavy atom. The lowest BCUT2D eigenvalue weighted by Gasteiger charge is -2.56. The number of piperidine rings is 1. The summed E-state index contributed by atoms with van der Waals surface area (Å²) in [4.78, 5) is 14.6. The summed E-state index contributed by atoms with van der Waals surface area (Å²) in [6.45, 7) is 12.1. The van der Waals surface area contributed by atoms with E-state index in [1.54, 1.807) is 0 Å². The molecule has 212 valence electrons. The molecule has 2 aliphatic heterocycles. The number of ether oxygens (including phenoxy) is 3. The van der Waals surface area contributed by atoms with E-state index in [-0.39, 0.29) is 23.2 Å². The zero-order valence-corrected chi connectivity index (χ0v) is 24.8. The van der Waals surface area contributed by atoms with E-state index in [2.05, 4.69) is 46.6 Å². The van der Waals surface area contributed by atoms with Crippen LogP contribution in [0.25, 0.3) is 0 Å². The van der Waals surface area contributed by atoms with Gasteiger partial charge in [-0.05, 0) is 41.2 Å². The van der Waals surface area contributed by atoms with E-state index in [9.17, 15) is 4.79 Å². The first kappa shape index (κ1) is 31.6. The van der Waals surface area contributed by atoms with Crippen LogP contribution in [0.15, 0.2) is 0 Å². The number of nitrogens with zero attached hydrogens (tertiary/aromatic N) is 1. The topological polar surface area (TPSA) is 48.0 Å². The van der Waals surface area contributed by atoms with Gasteiger partial charge >= 0.3 is 5.97 Å². The van der Waals surface area contributed by atoms with Crippen molar-refractivity contribution in [1.82, 2.24) is 4.90 Å². The van der Waals surface area contributed by atoms with E-state index in [1.165, 1.54) is 83.5 Å². The number of carbonyl (C=O) groups is 1. The zero-order valence-electron chi connectivity index (χ0n) is 24.8. The van der Waals surface area contributed by atoms with Gasteiger partial charge in [-0.15, -0.1) is 0 Å². The standard InChI is InChI=1S/C31H59NO4/c1-7-8-9-10-11-12-13-14-15-16-17-18-19-20-21-22-28(33)34-23-27-24-35-31(36-27)25-29(2,3)32(6)30(4,5)26-31/h27H,7-26H2,1-6H3. The van der Waals surface area contributed by atoms with Crippen molar-refractivity contribution in [2.24, 2.45) is 0 Å². The number of hydrogen-bond acceptors (Lipinski definition) is 5. The highest BCUT2D eigenvalue weighted by atomic mass is 16.8. The van der Waals surface area contributed by atoms with Crippen LogP contribution in [0.1, 0.15) is 150 Å². The molecule has 2 aliphatic rings. The summed E-state index contributed by atoms with van der Waals surface area (Å²) in [5.41, 5.74) is -0.0261. The second-order valence-electron chi connectivity index (χ2n) is 12.9. The van der Waals surface area contributed by atoms with Gasteiger partial charge in [0.15, 0.2) is 5.79 Å². The number of likely N-dealkylation sites (tertiary alicyclic amines) is 1. The minimum absolute atomic E-state index is 0.0130. The Hall–Kier alpha value is -0.650. The maximum absolute atomic E-state index is 12.2. The van der Waals surface area contributed by atoms with Gasteiger partial charge in [0.1, 0.15) is 12.7 Å². The van der Waals surface area contributed by atoms with Gasteiger partial charge in [-0.1, -0.05) is 96.8 Å². The van der Waals surface area contributed by atoms with Crippen LogP contribution >= 0.6 is 0 Å². The van der Waals surface area contributed by atoms with Gasteiger partial charge in [0.25, 0.3) is 0 Å². The van der Waals surface area contributed by atoms with Crippen molar-refractivity contribution >= 4 is 5.97 Å². The largest absolute Gasteiger partial charge is 0.463 e. The molecule has 2 heterocycles. The molecule has 5 heteroatoms. The monoisotopic (exact) mass is 509 g/mol. The highest BCUT2D eigenvalue weighted by molar-refractivity contribution is 5.69. The molecule has 2 saturated heterocycles. The van der Waals surface area contributed by atoms with E-state index >= 15 is 0 Å². The van der Waals surface area contributed by atoms with Crippen molar-refractivity contribution in [1.29, 1.82) is 0 Å². The third-order valence-electron chi connectivity index (χ3n) is 8.55. The minimum Gasteiger partial charge on any atom is -0.463 e. The Bertz CT molecular complexity index is 600. The predicted octanol–water partition coefficient (Wildman–Crippen LogP) is 8.19. The van der Waals surface area contributed by atoms with Crippen molar-refractivity contribution in [3.63, 3.8) is 0 Å². The van der Waals surface area contributed by atoms with Crippen molar-refractivity contribution in [2.45, 2.75) is 173 Å². The summed E-state index contributed by atoms with van der Waals surface area (Å²) in [5.74, 6) is -0.663. The second-order valence-corrected chi connectivity index (χ2v) is 12.9. The van der Waals surface area contributed by atoms with Gasteiger partial charge in [0.2, 0.25) is 0 Å². The van der Waals surface area contributed by atoms with Crippen LogP contribution in [0.3, 0.4) is 0 Å². The van der Waals surface area contributed by atoms with Gasteiger partial charge in [-0.3, -0.25) is 9.69 Å². The average Bonchev–Trinajstić information content (AvgIpc) is 3.19. The molecule has 5 nitrogen and oxygen atoms in total. The Balaban J connectivity index is 1.44. The summed E-state index contributed by atoms with van der Waals surface area (Å²) in [7, 11) is 2.18. The summed E-state index contributed by atoms with van der Waals surface area (Å²) in [5, 5.41) is 0. The summed E-state index contributed by atoms with van der Waals surface area (Å²) >= 11 is 0. The molecule has 0 N–H and O–H groups in total. The molecule has 1 unspecified atom stereocenters.